The van der Waals surface area contributed by atoms with Crippen LogP contribution >= 0.6 is 12.2 Å². The lowest BCUT2D eigenvalue weighted by molar-refractivity contribution is 0.476. The van der Waals surface area contributed by atoms with Crippen LogP contribution in [0.25, 0.3) is 28.0 Å². The van der Waals surface area contributed by atoms with Gasteiger partial charge in [0, 0.05) is 11.6 Å². The van der Waals surface area contributed by atoms with Gasteiger partial charge in [-0.15, -0.1) is 0 Å². The van der Waals surface area contributed by atoms with Gasteiger partial charge in [0.05, 0.1) is 16.8 Å². The summed E-state index contributed by atoms with van der Waals surface area (Å²) in [5.41, 5.74) is 2.35. The number of aromatic nitrogens is 4. The van der Waals surface area contributed by atoms with E-state index in [9.17, 15) is 5.11 Å². The van der Waals surface area contributed by atoms with E-state index in [0.29, 0.717) is 16.2 Å². The Bertz CT molecular complexity index is 1060. The zero-order valence-corrected chi connectivity index (χ0v) is 12.8. The minimum atomic E-state index is 0.154. The normalized spacial score (nSPS) is 11.0. The number of rotatable bonds is 2. The highest BCUT2D eigenvalue weighted by molar-refractivity contribution is 7.71. The molecule has 0 aliphatic rings. The van der Waals surface area contributed by atoms with E-state index in [1.807, 2.05) is 41.0 Å². The van der Waals surface area contributed by atoms with E-state index in [1.54, 1.807) is 24.4 Å². The van der Waals surface area contributed by atoms with Gasteiger partial charge in [0.1, 0.15) is 5.75 Å². The van der Waals surface area contributed by atoms with E-state index < -0.39 is 0 Å². The van der Waals surface area contributed by atoms with Gasteiger partial charge in [0.15, 0.2) is 10.6 Å². The summed E-state index contributed by atoms with van der Waals surface area (Å²) in [6, 6.07) is 16.8. The standard InChI is InChI=1S/C17H12N4OS/c22-15-9-2-1-5-12(15)16-19-20-17(23)21(16)14-8-3-7-13-11(14)6-4-10-18-13/h1-10,22H,(H,20,23). The molecule has 0 amide bonds. The number of H-pyrrole nitrogens is 1. The van der Waals surface area contributed by atoms with E-state index >= 15 is 0 Å². The van der Waals surface area contributed by atoms with Crippen LogP contribution in [-0.4, -0.2) is 24.9 Å². The van der Waals surface area contributed by atoms with Crippen molar-refractivity contribution in [3.05, 3.63) is 65.6 Å². The Labute approximate surface area is 136 Å². The molecule has 2 aromatic heterocycles. The molecule has 0 fully saturated rings. The molecule has 5 nitrogen and oxygen atoms in total. The van der Waals surface area contributed by atoms with Gasteiger partial charge in [-0.25, -0.2) is 0 Å². The molecule has 0 unspecified atom stereocenters. The van der Waals surface area contributed by atoms with E-state index in [0.717, 1.165) is 16.6 Å². The molecule has 0 spiro atoms. The topological polar surface area (TPSA) is 66.7 Å². The first-order valence-electron chi connectivity index (χ1n) is 7.05. The first-order chi connectivity index (χ1) is 11.3. The fraction of sp³-hybridized carbons (Fsp3) is 0. The molecule has 0 atom stereocenters. The fourth-order valence-electron chi connectivity index (χ4n) is 2.65. The predicted molar refractivity (Wildman–Crippen MR) is 91.2 cm³/mol. The Hall–Kier alpha value is -2.99. The summed E-state index contributed by atoms with van der Waals surface area (Å²) in [6.07, 6.45) is 1.75. The molecule has 0 aliphatic carbocycles. The summed E-state index contributed by atoms with van der Waals surface area (Å²) in [6.45, 7) is 0. The van der Waals surface area contributed by atoms with Crippen LogP contribution in [0.5, 0.6) is 5.75 Å². The molecular formula is C17H12N4OS. The third-order valence-corrected chi connectivity index (χ3v) is 3.95. The molecule has 0 bridgehead atoms. The largest absolute Gasteiger partial charge is 0.507 e. The van der Waals surface area contributed by atoms with Gasteiger partial charge in [0.25, 0.3) is 0 Å². The third-order valence-electron chi connectivity index (χ3n) is 3.68. The number of hydrogen-bond acceptors (Lipinski definition) is 4. The predicted octanol–water partition coefficient (Wildman–Crippen LogP) is 3.85. The van der Waals surface area contributed by atoms with Crippen molar-refractivity contribution in [2.75, 3.05) is 0 Å². The highest BCUT2D eigenvalue weighted by atomic mass is 32.1. The highest BCUT2D eigenvalue weighted by Gasteiger charge is 2.15. The van der Waals surface area contributed by atoms with Crippen LogP contribution in [0.3, 0.4) is 0 Å². The quantitative estimate of drug-likeness (QED) is 0.551. The van der Waals surface area contributed by atoms with Crippen molar-refractivity contribution >= 4 is 23.1 Å². The van der Waals surface area contributed by atoms with Crippen LogP contribution in [0.2, 0.25) is 0 Å². The molecule has 23 heavy (non-hydrogen) atoms. The van der Waals surface area contributed by atoms with Crippen molar-refractivity contribution in [3.63, 3.8) is 0 Å². The zero-order valence-electron chi connectivity index (χ0n) is 12.0. The number of phenols is 1. The smallest absolute Gasteiger partial charge is 0.200 e. The minimum Gasteiger partial charge on any atom is -0.507 e. The molecular weight excluding hydrogens is 308 g/mol. The Morgan fingerprint density at radius 1 is 1.00 bits per heavy atom. The second-order valence-corrected chi connectivity index (χ2v) is 5.44. The lowest BCUT2D eigenvalue weighted by Crippen LogP contribution is -1.99. The van der Waals surface area contributed by atoms with E-state index in [1.165, 1.54) is 0 Å². The number of hydrogen-bond donors (Lipinski definition) is 2. The lowest BCUT2D eigenvalue weighted by atomic mass is 10.1. The highest BCUT2D eigenvalue weighted by Crippen LogP contribution is 2.31. The Balaban J connectivity index is 2.06. The monoisotopic (exact) mass is 320 g/mol. The maximum absolute atomic E-state index is 10.1. The zero-order chi connectivity index (χ0) is 15.8. The molecule has 2 aromatic carbocycles. The average Bonchev–Trinajstić information content (AvgIpc) is 2.96. The number of nitrogens with one attached hydrogen (secondary N) is 1. The first kappa shape index (κ1) is 13.7. The molecule has 2 N–H and O–H groups in total. The fourth-order valence-corrected chi connectivity index (χ4v) is 2.88. The summed E-state index contributed by atoms with van der Waals surface area (Å²) in [4.78, 5) is 4.37. The van der Waals surface area contributed by atoms with Crippen LogP contribution in [0.1, 0.15) is 0 Å². The number of fused-ring (bicyclic) bond motifs is 1. The summed E-state index contributed by atoms with van der Waals surface area (Å²) >= 11 is 5.40. The second-order valence-electron chi connectivity index (χ2n) is 5.05. The van der Waals surface area contributed by atoms with Crippen LogP contribution in [-0.2, 0) is 0 Å². The first-order valence-corrected chi connectivity index (χ1v) is 7.46. The molecule has 2 heterocycles. The van der Waals surface area contributed by atoms with Gasteiger partial charge in [-0.05, 0) is 48.6 Å². The number of benzene rings is 2. The van der Waals surface area contributed by atoms with Gasteiger partial charge in [-0.2, -0.15) is 5.10 Å². The molecule has 0 aliphatic heterocycles. The summed E-state index contributed by atoms with van der Waals surface area (Å²) in [7, 11) is 0. The minimum absolute atomic E-state index is 0.154. The van der Waals surface area contributed by atoms with E-state index in [4.69, 9.17) is 12.2 Å². The summed E-state index contributed by atoms with van der Waals surface area (Å²) < 4.78 is 2.27. The molecule has 4 rings (SSSR count). The number of aromatic hydroxyl groups is 1. The number of aromatic amines is 1. The Morgan fingerprint density at radius 2 is 1.87 bits per heavy atom. The average molecular weight is 320 g/mol. The van der Waals surface area contributed by atoms with Crippen molar-refractivity contribution in [2.24, 2.45) is 0 Å². The SMILES string of the molecule is Oc1ccccc1-c1n[nH]c(=S)n1-c1cccc2ncccc12. The second kappa shape index (κ2) is 5.33. The maximum atomic E-state index is 10.1. The van der Waals surface area contributed by atoms with Crippen LogP contribution in [0.15, 0.2) is 60.8 Å². The van der Waals surface area contributed by atoms with Crippen molar-refractivity contribution in [1.82, 2.24) is 19.7 Å². The number of phenolic OH excluding ortho intramolecular Hbond substituents is 1. The molecule has 0 saturated carbocycles. The Kier molecular flexibility index (Phi) is 3.17. The van der Waals surface area contributed by atoms with Crippen molar-refractivity contribution in [2.45, 2.75) is 0 Å². The molecule has 4 aromatic rings. The van der Waals surface area contributed by atoms with E-state index in [2.05, 4.69) is 15.2 Å². The third kappa shape index (κ3) is 2.20. The maximum Gasteiger partial charge on any atom is 0.200 e. The molecule has 0 saturated heterocycles. The number of nitrogens with zero attached hydrogens (tertiary/aromatic N) is 3. The lowest BCUT2D eigenvalue weighted by Gasteiger charge is -2.10. The van der Waals surface area contributed by atoms with Crippen LogP contribution in [0, 0.1) is 4.77 Å². The van der Waals surface area contributed by atoms with Crippen molar-refractivity contribution in [1.29, 1.82) is 0 Å². The van der Waals surface area contributed by atoms with Crippen molar-refractivity contribution < 1.29 is 5.11 Å². The van der Waals surface area contributed by atoms with Crippen LogP contribution < -0.4 is 0 Å². The molecule has 0 radical (unpaired) electrons. The van der Waals surface area contributed by atoms with Gasteiger partial charge < -0.3 is 5.11 Å². The van der Waals surface area contributed by atoms with Gasteiger partial charge in [0.2, 0.25) is 0 Å². The molecule has 6 heteroatoms. The van der Waals surface area contributed by atoms with Gasteiger partial charge in [-0.1, -0.05) is 18.2 Å². The molecule has 112 valence electrons. The van der Waals surface area contributed by atoms with Gasteiger partial charge >= 0.3 is 0 Å². The number of pyridine rings is 1. The van der Waals surface area contributed by atoms with Crippen molar-refractivity contribution in [3.8, 4) is 22.8 Å². The van der Waals surface area contributed by atoms with Crippen LogP contribution in [0.4, 0.5) is 0 Å². The summed E-state index contributed by atoms with van der Waals surface area (Å²) in [5, 5.41) is 18.2. The van der Waals surface area contributed by atoms with E-state index in [-0.39, 0.29) is 5.75 Å². The summed E-state index contributed by atoms with van der Waals surface area (Å²) in [5.74, 6) is 0.713. The number of para-hydroxylation sites is 1. The van der Waals surface area contributed by atoms with Gasteiger partial charge in [-0.3, -0.25) is 14.6 Å². The Morgan fingerprint density at radius 3 is 2.74 bits per heavy atom.